The molecule has 17 heavy (non-hydrogen) atoms. The number of benzene rings is 1. The highest BCUT2D eigenvalue weighted by Crippen LogP contribution is 2.37. The van der Waals surface area contributed by atoms with E-state index in [4.69, 9.17) is 5.11 Å². The number of phenols is 3. The molecule has 0 radical (unpaired) electrons. The summed E-state index contributed by atoms with van der Waals surface area (Å²) >= 11 is 0. The van der Waals surface area contributed by atoms with Crippen molar-refractivity contribution in [2.24, 2.45) is 0 Å². The topological polar surface area (TPSA) is 127 Å². The maximum Gasteiger partial charge on any atom is 0.337 e. The first-order valence-corrected chi connectivity index (χ1v) is 4.57. The Labute approximate surface area is 96.1 Å². The van der Waals surface area contributed by atoms with Crippen LogP contribution in [0.25, 0.3) is 0 Å². The van der Waals surface area contributed by atoms with E-state index in [-0.39, 0.29) is 0 Å². The molecular weight excluding hydrogens is 232 g/mol. The van der Waals surface area contributed by atoms with Crippen molar-refractivity contribution >= 4 is 5.97 Å². The largest absolute Gasteiger partial charge is 0.508 e. The van der Waals surface area contributed by atoms with Gasteiger partial charge in [-0.1, -0.05) is 0 Å². The Kier molecular flexibility index (Phi) is 3.77. The summed E-state index contributed by atoms with van der Waals surface area (Å²) in [4.78, 5) is 11.0. The van der Waals surface area contributed by atoms with E-state index in [1.54, 1.807) is 0 Å². The minimum Gasteiger partial charge on any atom is -0.508 e. The molecule has 0 aromatic heterocycles. The fourth-order valence-electron chi connectivity index (χ4n) is 1.32. The summed E-state index contributed by atoms with van der Waals surface area (Å²) in [6.45, 7) is 0. The lowest BCUT2D eigenvalue weighted by molar-refractivity contribution is -0.156. The fraction of sp³-hybridized carbons (Fsp3) is 0.300. The third-order valence-electron chi connectivity index (χ3n) is 2.16. The van der Waals surface area contributed by atoms with Gasteiger partial charge in [0.2, 0.25) is 0 Å². The molecule has 1 aromatic carbocycles. The predicted octanol–water partition coefficient (Wildman–Crippen LogP) is -0.629. The van der Waals surface area contributed by atoms with Crippen molar-refractivity contribution in [1.29, 1.82) is 0 Å². The van der Waals surface area contributed by atoms with E-state index < -0.39 is 41.0 Å². The van der Waals surface area contributed by atoms with Gasteiger partial charge in [0, 0.05) is 12.1 Å². The zero-order valence-electron chi connectivity index (χ0n) is 8.86. The van der Waals surface area contributed by atoms with Crippen molar-refractivity contribution in [3.8, 4) is 17.2 Å². The van der Waals surface area contributed by atoms with Crippen molar-refractivity contribution in [1.82, 2.24) is 0 Å². The van der Waals surface area contributed by atoms with E-state index >= 15 is 0 Å². The van der Waals surface area contributed by atoms with Crippen molar-refractivity contribution in [2.45, 2.75) is 12.2 Å². The quantitative estimate of drug-likeness (QED) is 0.448. The van der Waals surface area contributed by atoms with Gasteiger partial charge in [-0.05, 0) is 0 Å². The van der Waals surface area contributed by atoms with Crippen LogP contribution in [0.2, 0.25) is 0 Å². The molecule has 5 N–H and O–H groups in total. The van der Waals surface area contributed by atoms with Gasteiger partial charge in [-0.2, -0.15) is 0 Å². The second kappa shape index (κ2) is 4.89. The van der Waals surface area contributed by atoms with Crippen LogP contribution in [0.3, 0.4) is 0 Å². The monoisotopic (exact) mass is 244 g/mol. The first-order valence-electron chi connectivity index (χ1n) is 4.57. The van der Waals surface area contributed by atoms with Gasteiger partial charge >= 0.3 is 5.97 Å². The average molecular weight is 244 g/mol. The molecule has 0 fully saturated rings. The van der Waals surface area contributed by atoms with Crippen LogP contribution in [-0.4, -0.2) is 44.7 Å². The SMILES string of the molecule is COC(=O)C(O)C(O)c1c(O)cc(O)cc1O. The Balaban J connectivity index is 3.12. The molecule has 0 aliphatic carbocycles. The molecule has 0 bridgehead atoms. The molecular formula is C10H12O7. The summed E-state index contributed by atoms with van der Waals surface area (Å²) < 4.78 is 4.20. The van der Waals surface area contributed by atoms with Gasteiger partial charge in [0.1, 0.15) is 23.4 Å². The molecule has 1 rings (SSSR count). The molecule has 0 saturated heterocycles. The van der Waals surface area contributed by atoms with Gasteiger partial charge in [0.25, 0.3) is 0 Å². The van der Waals surface area contributed by atoms with E-state index in [1.807, 2.05) is 0 Å². The molecule has 2 atom stereocenters. The number of ether oxygens (including phenoxy) is 1. The van der Waals surface area contributed by atoms with E-state index in [2.05, 4.69) is 4.74 Å². The van der Waals surface area contributed by atoms with Crippen LogP contribution in [0, 0.1) is 0 Å². The summed E-state index contributed by atoms with van der Waals surface area (Å²) in [6.07, 6.45) is -3.83. The number of carbonyl (C=O) groups is 1. The summed E-state index contributed by atoms with van der Waals surface area (Å²) in [5, 5.41) is 46.8. The van der Waals surface area contributed by atoms with Gasteiger partial charge in [0.05, 0.1) is 12.7 Å². The van der Waals surface area contributed by atoms with E-state index in [9.17, 15) is 25.2 Å². The molecule has 1 aromatic rings. The number of hydrogen-bond acceptors (Lipinski definition) is 7. The first kappa shape index (κ1) is 13.1. The lowest BCUT2D eigenvalue weighted by Crippen LogP contribution is -2.29. The van der Waals surface area contributed by atoms with Crippen LogP contribution in [0.4, 0.5) is 0 Å². The number of methoxy groups -OCH3 is 1. The van der Waals surface area contributed by atoms with Crippen LogP contribution in [-0.2, 0) is 9.53 Å². The molecule has 2 unspecified atom stereocenters. The Bertz CT molecular complexity index is 406. The number of aliphatic hydroxyl groups is 2. The van der Waals surface area contributed by atoms with Gasteiger partial charge < -0.3 is 30.3 Å². The second-order valence-corrected chi connectivity index (χ2v) is 3.31. The molecule has 0 amide bonds. The molecule has 0 heterocycles. The van der Waals surface area contributed by atoms with E-state index in [0.717, 1.165) is 19.2 Å². The fourth-order valence-corrected chi connectivity index (χ4v) is 1.32. The Morgan fingerprint density at radius 2 is 1.65 bits per heavy atom. The van der Waals surface area contributed by atoms with Crippen molar-refractivity contribution in [2.75, 3.05) is 7.11 Å². The zero-order chi connectivity index (χ0) is 13.2. The minimum absolute atomic E-state index is 0.427. The maximum absolute atomic E-state index is 11.0. The summed E-state index contributed by atoms with van der Waals surface area (Å²) in [5.41, 5.74) is -0.472. The number of rotatable bonds is 3. The van der Waals surface area contributed by atoms with Gasteiger partial charge in [-0.3, -0.25) is 0 Å². The smallest absolute Gasteiger partial charge is 0.337 e. The number of phenolic OH excluding ortho intramolecular Hbond substituents is 3. The predicted molar refractivity (Wildman–Crippen MR) is 54.4 cm³/mol. The summed E-state index contributed by atoms with van der Waals surface area (Å²) in [7, 11) is 1.01. The molecule has 7 nitrogen and oxygen atoms in total. The maximum atomic E-state index is 11.0. The molecule has 0 spiro atoms. The summed E-state index contributed by atoms with van der Waals surface area (Å²) in [6, 6.07) is 1.70. The number of esters is 1. The van der Waals surface area contributed by atoms with Crippen LogP contribution >= 0.6 is 0 Å². The Hall–Kier alpha value is -1.99. The number of aromatic hydroxyl groups is 3. The molecule has 7 heteroatoms. The normalized spacial score (nSPS) is 14.1. The van der Waals surface area contributed by atoms with Crippen LogP contribution in [0.1, 0.15) is 11.7 Å². The lowest BCUT2D eigenvalue weighted by atomic mass is 10.0. The second-order valence-electron chi connectivity index (χ2n) is 3.31. The highest BCUT2D eigenvalue weighted by molar-refractivity contribution is 5.75. The van der Waals surface area contributed by atoms with E-state index in [1.165, 1.54) is 0 Å². The number of aliphatic hydroxyl groups excluding tert-OH is 2. The van der Waals surface area contributed by atoms with Gasteiger partial charge in [-0.25, -0.2) is 4.79 Å². The highest BCUT2D eigenvalue weighted by atomic mass is 16.5. The third-order valence-corrected chi connectivity index (χ3v) is 2.16. The molecule has 94 valence electrons. The zero-order valence-corrected chi connectivity index (χ0v) is 8.86. The van der Waals surface area contributed by atoms with Crippen molar-refractivity contribution < 1.29 is 35.1 Å². The van der Waals surface area contributed by atoms with Crippen LogP contribution in [0.15, 0.2) is 12.1 Å². The first-order chi connectivity index (χ1) is 7.88. The molecule has 0 aliphatic rings. The standard InChI is InChI=1S/C10H12O7/c1-17-10(16)9(15)8(14)7-5(12)2-4(11)3-6(7)13/h2-3,8-9,11-15H,1H3. The van der Waals surface area contributed by atoms with Crippen LogP contribution in [0.5, 0.6) is 17.2 Å². The van der Waals surface area contributed by atoms with Crippen LogP contribution < -0.4 is 0 Å². The Morgan fingerprint density at radius 1 is 1.18 bits per heavy atom. The number of hydrogen-bond donors (Lipinski definition) is 5. The molecule has 0 aliphatic heterocycles. The third kappa shape index (κ3) is 2.58. The van der Waals surface area contributed by atoms with Gasteiger partial charge in [-0.15, -0.1) is 0 Å². The number of carbonyl (C=O) groups excluding carboxylic acids is 1. The lowest BCUT2D eigenvalue weighted by Gasteiger charge is -2.18. The highest BCUT2D eigenvalue weighted by Gasteiger charge is 2.31. The van der Waals surface area contributed by atoms with Gasteiger partial charge in [0.15, 0.2) is 6.10 Å². The summed E-state index contributed by atoms with van der Waals surface area (Å²) in [5.74, 6) is -2.86. The molecule has 0 saturated carbocycles. The van der Waals surface area contributed by atoms with E-state index in [0.29, 0.717) is 0 Å². The average Bonchev–Trinajstić information content (AvgIpc) is 2.25. The van der Waals surface area contributed by atoms with Crippen molar-refractivity contribution in [3.63, 3.8) is 0 Å². The van der Waals surface area contributed by atoms with Crippen molar-refractivity contribution in [3.05, 3.63) is 17.7 Å². The minimum atomic E-state index is -1.96. The Morgan fingerprint density at radius 3 is 2.06 bits per heavy atom.